The zero-order valence-electron chi connectivity index (χ0n) is 11.5. The lowest BCUT2D eigenvalue weighted by molar-refractivity contribution is 0.0950. The van der Waals surface area contributed by atoms with Crippen LogP contribution in [-0.4, -0.2) is 19.6 Å². The number of rotatable bonds is 5. The minimum Gasteiger partial charge on any atom is -0.496 e. The maximum absolute atomic E-state index is 12.2. The molecule has 0 saturated heterocycles. The van der Waals surface area contributed by atoms with Crippen LogP contribution in [0, 0.1) is 0 Å². The van der Waals surface area contributed by atoms with Crippen LogP contribution in [0.5, 0.6) is 5.75 Å². The topological polar surface area (TPSA) is 38.3 Å². The predicted octanol–water partition coefficient (Wildman–Crippen LogP) is 4.17. The fourth-order valence-corrected chi connectivity index (χ4v) is 2.47. The van der Waals surface area contributed by atoms with E-state index in [1.807, 2.05) is 30.3 Å². The molecule has 0 aromatic heterocycles. The molecule has 1 unspecified atom stereocenters. The Kier molecular flexibility index (Phi) is 5.65. The Bertz CT molecular complexity index is 619. The first-order valence-corrected chi connectivity index (χ1v) is 7.65. The summed E-state index contributed by atoms with van der Waals surface area (Å²) in [5, 5.41) is 2.56. The van der Waals surface area contributed by atoms with Gasteiger partial charge in [-0.25, -0.2) is 0 Å². The van der Waals surface area contributed by atoms with Crippen molar-refractivity contribution in [2.24, 2.45) is 0 Å². The highest BCUT2D eigenvalue weighted by atomic mass is 79.9. The predicted molar refractivity (Wildman–Crippen MR) is 88.1 cm³/mol. The number of alkyl halides is 1. The molecule has 110 valence electrons. The first kappa shape index (κ1) is 15.9. The summed E-state index contributed by atoms with van der Waals surface area (Å²) in [6.45, 7) is 0.351. The molecular formula is C16H15BrClNO2. The van der Waals surface area contributed by atoms with E-state index in [4.69, 9.17) is 16.3 Å². The van der Waals surface area contributed by atoms with Gasteiger partial charge in [-0.3, -0.25) is 4.79 Å². The highest BCUT2D eigenvalue weighted by Gasteiger charge is 2.14. The lowest BCUT2D eigenvalue weighted by Crippen LogP contribution is -2.27. The fourth-order valence-electron chi connectivity index (χ4n) is 1.91. The zero-order valence-corrected chi connectivity index (χ0v) is 13.8. The van der Waals surface area contributed by atoms with E-state index in [1.54, 1.807) is 18.2 Å². The van der Waals surface area contributed by atoms with E-state index < -0.39 is 0 Å². The number of amides is 1. The molecule has 0 aliphatic carbocycles. The molecule has 3 nitrogen and oxygen atoms in total. The number of carbonyl (C=O) groups is 1. The monoisotopic (exact) mass is 367 g/mol. The van der Waals surface area contributed by atoms with Crippen LogP contribution in [0.2, 0.25) is 0 Å². The summed E-state index contributed by atoms with van der Waals surface area (Å²) in [5.41, 5.74) is 1.46. The minimum absolute atomic E-state index is 0.207. The van der Waals surface area contributed by atoms with Crippen LogP contribution in [0.25, 0.3) is 0 Å². The number of halogens is 2. The number of ether oxygens (including phenoxy) is 1. The molecule has 0 saturated carbocycles. The van der Waals surface area contributed by atoms with Gasteiger partial charge in [-0.15, -0.1) is 11.6 Å². The van der Waals surface area contributed by atoms with Crippen molar-refractivity contribution in [1.82, 2.24) is 5.32 Å². The van der Waals surface area contributed by atoms with Gasteiger partial charge in [-0.05, 0) is 23.8 Å². The van der Waals surface area contributed by atoms with Crippen LogP contribution < -0.4 is 10.1 Å². The lowest BCUT2D eigenvalue weighted by atomic mass is 10.1. The smallest absolute Gasteiger partial charge is 0.255 e. The molecule has 0 radical (unpaired) electrons. The van der Waals surface area contributed by atoms with Crippen LogP contribution in [0.1, 0.15) is 21.3 Å². The van der Waals surface area contributed by atoms with Gasteiger partial charge in [0.2, 0.25) is 0 Å². The van der Waals surface area contributed by atoms with E-state index in [1.165, 1.54) is 7.11 Å². The van der Waals surface area contributed by atoms with Crippen molar-refractivity contribution in [3.05, 3.63) is 64.1 Å². The zero-order chi connectivity index (χ0) is 15.2. The van der Waals surface area contributed by atoms with E-state index >= 15 is 0 Å². The Morgan fingerprint density at radius 2 is 2.00 bits per heavy atom. The second-order valence-electron chi connectivity index (χ2n) is 4.43. The largest absolute Gasteiger partial charge is 0.496 e. The molecule has 2 aromatic carbocycles. The number of methoxy groups -OCH3 is 1. The summed E-state index contributed by atoms with van der Waals surface area (Å²) in [5.74, 6) is 0.314. The normalized spacial score (nSPS) is 11.8. The Balaban J connectivity index is 2.02. The van der Waals surface area contributed by atoms with Crippen molar-refractivity contribution in [2.45, 2.75) is 5.38 Å². The maximum atomic E-state index is 12.2. The number of carbonyl (C=O) groups excluding carboxylic acids is 1. The van der Waals surface area contributed by atoms with Gasteiger partial charge in [0.1, 0.15) is 5.75 Å². The third-order valence-electron chi connectivity index (χ3n) is 3.01. The Hall–Kier alpha value is -1.52. The molecule has 2 rings (SSSR count). The van der Waals surface area contributed by atoms with E-state index in [0.29, 0.717) is 17.9 Å². The minimum atomic E-state index is -0.267. The molecule has 0 fully saturated rings. The van der Waals surface area contributed by atoms with Crippen LogP contribution >= 0.6 is 27.5 Å². The highest BCUT2D eigenvalue weighted by Crippen LogP contribution is 2.24. The number of benzene rings is 2. The van der Waals surface area contributed by atoms with Gasteiger partial charge in [0.25, 0.3) is 5.91 Å². The average molecular weight is 369 g/mol. The van der Waals surface area contributed by atoms with Gasteiger partial charge in [-0.2, -0.15) is 0 Å². The summed E-state index contributed by atoms with van der Waals surface area (Å²) in [6.07, 6.45) is 0. The van der Waals surface area contributed by atoms with Gasteiger partial charge in [0.15, 0.2) is 0 Å². The van der Waals surface area contributed by atoms with Crippen LogP contribution in [-0.2, 0) is 0 Å². The number of nitrogens with one attached hydrogen (secondary N) is 1. The van der Waals surface area contributed by atoms with E-state index in [0.717, 1.165) is 10.0 Å². The molecule has 2 aromatic rings. The first-order valence-electron chi connectivity index (χ1n) is 6.42. The molecule has 1 amide bonds. The Morgan fingerprint density at radius 3 is 2.67 bits per heavy atom. The van der Waals surface area contributed by atoms with Crippen LogP contribution in [0.3, 0.4) is 0 Å². The Morgan fingerprint density at radius 1 is 1.29 bits per heavy atom. The van der Waals surface area contributed by atoms with Crippen molar-refractivity contribution in [3.63, 3.8) is 0 Å². The molecule has 1 atom stereocenters. The summed E-state index contributed by atoms with van der Waals surface area (Å²) < 4.78 is 6.07. The highest BCUT2D eigenvalue weighted by molar-refractivity contribution is 9.10. The first-order chi connectivity index (χ1) is 10.1. The van der Waals surface area contributed by atoms with Crippen LogP contribution in [0.15, 0.2) is 53.0 Å². The SMILES string of the molecule is COc1cc(Br)ccc1C(=O)NCC(Cl)c1ccccc1. The van der Waals surface area contributed by atoms with Gasteiger partial charge in [0.05, 0.1) is 18.1 Å². The molecular weight excluding hydrogens is 354 g/mol. The molecule has 0 bridgehead atoms. The van der Waals surface area contributed by atoms with Crippen molar-refractivity contribution in [1.29, 1.82) is 0 Å². The van der Waals surface area contributed by atoms with Crippen LogP contribution in [0.4, 0.5) is 0 Å². The van der Waals surface area contributed by atoms with Crippen molar-refractivity contribution >= 4 is 33.4 Å². The van der Waals surface area contributed by atoms with Crippen molar-refractivity contribution in [2.75, 3.05) is 13.7 Å². The molecule has 0 spiro atoms. The van der Waals surface area contributed by atoms with Gasteiger partial charge >= 0.3 is 0 Å². The lowest BCUT2D eigenvalue weighted by Gasteiger charge is -2.13. The number of hydrogen-bond acceptors (Lipinski definition) is 2. The average Bonchev–Trinajstić information content (AvgIpc) is 2.52. The summed E-state index contributed by atoms with van der Waals surface area (Å²) in [6, 6.07) is 14.9. The van der Waals surface area contributed by atoms with Gasteiger partial charge in [0, 0.05) is 11.0 Å². The third kappa shape index (κ3) is 4.22. The molecule has 0 heterocycles. The van der Waals surface area contributed by atoms with Gasteiger partial charge in [-0.1, -0.05) is 46.3 Å². The van der Waals surface area contributed by atoms with Crippen molar-refractivity contribution in [3.8, 4) is 5.75 Å². The molecule has 0 aliphatic heterocycles. The maximum Gasteiger partial charge on any atom is 0.255 e. The molecule has 0 aliphatic rings. The Labute approximate surface area is 137 Å². The van der Waals surface area contributed by atoms with Crippen molar-refractivity contribution < 1.29 is 9.53 Å². The second kappa shape index (κ2) is 7.48. The quantitative estimate of drug-likeness (QED) is 0.805. The number of hydrogen-bond donors (Lipinski definition) is 1. The summed E-state index contributed by atoms with van der Waals surface area (Å²) >= 11 is 9.63. The van der Waals surface area contributed by atoms with Gasteiger partial charge < -0.3 is 10.1 Å². The molecule has 21 heavy (non-hydrogen) atoms. The summed E-state index contributed by atoms with van der Waals surface area (Å²) in [7, 11) is 1.53. The third-order valence-corrected chi connectivity index (χ3v) is 3.91. The van der Waals surface area contributed by atoms with E-state index in [2.05, 4.69) is 21.2 Å². The van der Waals surface area contributed by atoms with E-state index in [9.17, 15) is 4.79 Å². The molecule has 1 N–H and O–H groups in total. The fraction of sp³-hybridized carbons (Fsp3) is 0.188. The second-order valence-corrected chi connectivity index (χ2v) is 5.88. The standard InChI is InChI=1S/C16H15BrClNO2/c1-21-15-9-12(17)7-8-13(15)16(20)19-10-14(18)11-5-3-2-4-6-11/h2-9,14H,10H2,1H3,(H,19,20). The molecule has 5 heteroatoms. The summed E-state index contributed by atoms with van der Waals surface area (Å²) in [4.78, 5) is 12.2. The van der Waals surface area contributed by atoms with E-state index in [-0.39, 0.29) is 11.3 Å².